The molecule has 0 bridgehead atoms. The zero-order valence-electron chi connectivity index (χ0n) is 14.5. The summed E-state index contributed by atoms with van der Waals surface area (Å²) in [6.45, 7) is 2.09. The fourth-order valence-electron chi connectivity index (χ4n) is 2.47. The summed E-state index contributed by atoms with van der Waals surface area (Å²) < 4.78 is 54.1. The Morgan fingerprint density at radius 3 is 2.44 bits per heavy atom. The Hall–Kier alpha value is -1.42. The van der Waals surface area contributed by atoms with Crippen LogP contribution in [0.5, 0.6) is 5.75 Å². The molecule has 0 radical (unpaired) electrons. The van der Waals surface area contributed by atoms with Crippen LogP contribution in [-0.2, 0) is 10.1 Å². The van der Waals surface area contributed by atoms with Gasteiger partial charge in [-0.2, -0.15) is 0 Å². The van der Waals surface area contributed by atoms with E-state index in [2.05, 4.69) is 4.98 Å². The molecule has 1 aromatic heterocycles. The molecular weight excluding hydrogens is 406 g/mol. The number of halogens is 2. The van der Waals surface area contributed by atoms with Crippen molar-refractivity contribution in [3.05, 3.63) is 59.8 Å². The molecule has 136 valence electrons. The van der Waals surface area contributed by atoms with E-state index >= 15 is 0 Å². The maximum Gasteiger partial charge on any atom is 1.00 e. The molecule has 1 heterocycles. The smallest absolute Gasteiger partial charge is 0.744 e. The largest absolute Gasteiger partial charge is 1.00 e. The van der Waals surface area contributed by atoms with Crippen LogP contribution in [0, 0.1) is 5.82 Å². The van der Waals surface area contributed by atoms with Crippen LogP contribution in [0.2, 0.25) is 5.15 Å². The molecular formula is C17H13ClFN2NaO4S. The van der Waals surface area contributed by atoms with Gasteiger partial charge in [0, 0.05) is 11.3 Å². The molecule has 0 saturated heterocycles. The van der Waals surface area contributed by atoms with Gasteiger partial charge in [0.25, 0.3) is 0 Å². The van der Waals surface area contributed by atoms with E-state index in [1.54, 1.807) is 17.6 Å². The van der Waals surface area contributed by atoms with Crippen LogP contribution in [0.4, 0.5) is 4.39 Å². The first-order valence-electron chi connectivity index (χ1n) is 7.53. The number of benzene rings is 2. The molecule has 0 unspecified atom stereocenters. The van der Waals surface area contributed by atoms with Gasteiger partial charge >= 0.3 is 29.6 Å². The monoisotopic (exact) mass is 418 g/mol. The summed E-state index contributed by atoms with van der Waals surface area (Å²) in [6, 6.07) is 9.68. The first-order chi connectivity index (χ1) is 12.3. The minimum absolute atomic E-state index is 0. The third kappa shape index (κ3) is 4.71. The molecule has 6 nitrogen and oxygen atoms in total. The van der Waals surface area contributed by atoms with Crippen LogP contribution in [0.15, 0.2) is 53.7 Å². The van der Waals surface area contributed by atoms with E-state index in [0.29, 0.717) is 23.6 Å². The molecule has 0 fully saturated rings. The fraction of sp³-hybridized carbons (Fsp3) is 0.118. The number of hydrogen-bond donors (Lipinski definition) is 0. The number of aromatic nitrogens is 2. The van der Waals surface area contributed by atoms with E-state index in [9.17, 15) is 17.4 Å². The van der Waals surface area contributed by atoms with E-state index in [0.717, 1.165) is 0 Å². The molecule has 2 aromatic carbocycles. The number of ether oxygens (including phenoxy) is 1. The first-order valence-corrected chi connectivity index (χ1v) is 9.31. The Morgan fingerprint density at radius 1 is 1.22 bits per heavy atom. The van der Waals surface area contributed by atoms with E-state index in [1.165, 1.54) is 42.7 Å². The van der Waals surface area contributed by atoms with Gasteiger partial charge in [-0.3, -0.25) is 4.57 Å². The average molecular weight is 419 g/mol. The molecule has 27 heavy (non-hydrogen) atoms. The quantitative estimate of drug-likeness (QED) is 0.448. The van der Waals surface area contributed by atoms with Crippen LogP contribution >= 0.6 is 11.6 Å². The molecule has 0 aliphatic carbocycles. The van der Waals surface area contributed by atoms with Gasteiger partial charge < -0.3 is 9.29 Å². The predicted molar refractivity (Wildman–Crippen MR) is 93.1 cm³/mol. The van der Waals surface area contributed by atoms with Gasteiger partial charge in [-0.15, -0.1) is 0 Å². The van der Waals surface area contributed by atoms with Gasteiger partial charge in [0.1, 0.15) is 16.4 Å². The van der Waals surface area contributed by atoms with Crippen LogP contribution in [0.3, 0.4) is 0 Å². The summed E-state index contributed by atoms with van der Waals surface area (Å²) in [5.41, 5.74) is 1.40. The van der Waals surface area contributed by atoms with Crippen molar-refractivity contribution in [2.75, 3.05) is 6.61 Å². The summed E-state index contributed by atoms with van der Waals surface area (Å²) in [5.74, 6) is -0.413. The molecule has 0 aliphatic heterocycles. The predicted octanol–water partition coefficient (Wildman–Crippen LogP) is 0.639. The third-order valence-corrected chi connectivity index (χ3v) is 4.76. The summed E-state index contributed by atoms with van der Waals surface area (Å²) in [6.07, 6.45) is 1.42. The summed E-state index contributed by atoms with van der Waals surface area (Å²) in [4.78, 5) is 3.68. The Balaban J connectivity index is 0.00000261. The van der Waals surface area contributed by atoms with Crippen molar-refractivity contribution in [3.63, 3.8) is 0 Å². The van der Waals surface area contributed by atoms with Crippen molar-refractivity contribution in [1.82, 2.24) is 9.55 Å². The number of hydrogen-bond acceptors (Lipinski definition) is 5. The summed E-state index contributed by atoms with van der Waals surface area (Å²) in [7, 11) is -4.54. The van der Waals surface area contributed by atoms with Crippen molar-refractivity contribution in [2.45, 2.75) is 11.8 Å². The molecule has 0 N–H and O–H groups in total. The van der Waals surface area contributed by atoms with E-state index in [-0.39, 0.29) is 45.4 Å². The topological polar surface area (TPSA) is 84.2 Å². The van der Waals surface area contributed by atoms with Gasteiger partial charge in [-0.05, 0) is 49.4 Å². The Kier molecular flexibility index (Phi) is 7.07. The minimum atomic E-state index is -4.54. The summed E-state index contributed by atoms with van der Waals surface area (Å²) >= 11 is 6.15. The van der Waals surface area contributed by atoms with Crippen molar-refractivity contribution in [1.29, 1.82) is 0 Å². The second kappa shape index (κ2) is 8.72. The van der Waals surface area contributed by atoms with Crippen LogP contribution < -0.4 is 34.3 Å². The zero-order valence-corrected chi connectivity index (χ0v) is 18.1. The van der Waals surface area contributed by atoms with Crippen molar-refractivity contribution in [2.24, 2.45) is 0 Å². The number of imidazole rings is 1. The second-order valence-electron chi connectivity index (χ2n) is 5.28. The molecule has 0 amide bonds. The van der Waals surface area contributed by atoms with Gasteiger partial charge in [0.2, 0.25) is 0 Å². The molecule has 0 atom stereocenters. The standard InChI is InChI=1S/C17H14ClFN2O4S.Na/c1-2-25-15-8-3-11(9-14(15)19)16-17(18)20-10-21(16)12-4-6-13(7-5-12)26(22,23)24;/h3-10H,2H2,1H3,(H,22,23,24);/q;+1/p-1. The van der Waals surface area contributed by atoms with Gasteiger partial charge in [0.15, 0.2) is 16.7 Å². The SMILES string of the molecule is CCOc1ccc(-c2c(Cl)ncn2-c2ccc(S(=O)(=O)[O-])cc2)cc1F.[Na+]. The molecule has 0 spiro atoms. The number of nitrogens with zero attached hydrogens (tertiary/aromatic N) is 2. The van der Waals surface area contributed by atoms with Gasteiger partial charge in [0.05, 0.1) is 17.2 Å². The first kappa shape index (κ1) is 21.9. The fourth-order valence-corrected chi connectivity index (χ4v) is 3.19. The van der Waals surface area contributed by atoms with Crippen molar-refractivity contribution in [3.8, 4) is 22.7 Å². The maximum atomic E-state index is 14.2. The van der Waals surface area contributed by atoms with Crippen LogP contribution in [-0.4, -0.2) is 29.1 Å². The van der Waals surface area contributed by atoms with Crippen molar-refractivity contribution < 1.29 is 51.7 Å². The molecule has 0 aliphatic rings. The van der Waals surface area contributed by atoms with E-state index in [4.69, 9.17) is 16.3 Å². The maximum absolute atomic E-state index is 14.2. The average Bonchev–Trinajstić information content (AvgIpc) is 2.98. The van der Waals surface area contributed by atoms with Crippen molar-refractivity contribution >= 4 is 21.7 Å². The van der Waals surface area contributed by atoms with Crippen LogP contribution in [0.1, 0.15) is 6.92 Å². The molecule has 10 heteroatoms. The number of rotatable bonds is 5. The van der Waals surface area contributed by atoms with E-state index < -0.39 is 15.9 Å². The zero-order chi connectivity index (χ0) is 18.9. The van der Waals surface area contributed by atoms with Gasteiger partial charge in [-0.25, -0.2) is 17.8 Å². The normalized spacial score (nSPS) is 11.1. The molecule has 0 saturated carbocycles. The van der Waals surface area contributed by atoms with Gasteiger partial charge in [-0.1, -0.05) is 11.6 Å². The Bertz CT molecular complexity index is 1060. The minimum Gasteiger partial charge on any atom is -0.744 e. The molecule has 3 aromatic rings. The molecule has 3 rings (SSSR count). The Morgan fingerprint density at radius 2 is 1.89 bits per heavy atom. The third-order valence-electron chi connectivity index (χ3n) is 3.63. The van der Waals surface area contributed by atoms with Crippen LogP contribution in [0.25, 0.3) is 16.9 Å². The van der Waals surface area contributed by atoms with E-state index in [1.807, 2.05) is 0 Å². The summed E-state index contributed by atoms with van der Waals surface area (Å²) in [5, 5.41) is 0.147. The second-order valence-corrected chi connectivity index (χ2v) is 7.02. The Labute approximate surface area is 183 Å².